The van der Waals surface area contributed by atoms with Gasteiger partial charge in [0, 0.05) is 6.42 Å². The van der Waals surface area contributed by atoms with Crippen molar-refractivity contribution < 1.29 is 4.74 Å². The summed E-state index contributed by atoms with van der Waals surface area (Å²) in [4.78, 5) is 0. The van der Waals surface area contributed by atoms with Gasteiger partial charge in [-0.2, -0.15) is 0 Å². The Morgan fingerprint density at radius 1 is 1.00 bits per heavy atom. The standard InChI is InChI=1S/C13H14O/c1-11-7-9-13(10-8-11)14-12-5-3-2-4-6-12/h2-7,9H,8,10H2,1H3. The van der Waals surface area contributed by atoms with Crippen molar-refractivity contribution in [1.82, 2.24) is 0 Å². The van der Waals surface area contributed by atoms with E-state index < -0.39 is 0 Å². The molecule has 0 unspecified atom stereocenters. The van der Waals surface area contributed by atoms with Gasteiger partial charge in [0.1, 0.15) is 11.5 Å². The number of rotatable bonds is 2. The molecular weight excluding hydrogens is 172 g/mol. The van der Waals surface area contributed by atoms with Crippen molar-refractivity contribution in [2.45, 2.75) is 19.8 Å². The first-order valence-corrected chi connectivity index (χ1v) is 4.94. The lowest BCUT2D eigenvalue weighted by Crippen LogP contribution is -1.98. The minimum absolute atomic E-state index is 0.923. The third-order valence-electron chi connectivity index (χ3n) is 2.31. The zero-order valence-corrected chi connectivity index (χ0v) is 8.36. The van der Waals surface area contributed by atoms with Gasteiger partial charge in [0.05, 0.1) is 0 Å². The van der Waals surface area contributed by atoms with E-state index in [1.165, 1.54) is 5.57 Å². The van der Waals surface area contributed by atoms with Gasteiger partial charge in [0.2, 0.25) is 0 Å². The van der Waals surface area contributed by atoms with Crippen molar-refractivity contribution >= 4 is 0 Å². The van der Waals surface area contributed by atoms with Crippen LogP contribution in [0.3, 0.4) is 0 Å². The van der Waals surface area contributed by atoms with Crippen molar-refractivity contribution in [2.24, 2.45) is 0 Å². The van der Waals surface area contributed by atoms with E-state index in [1.54, 1.807) is 0 Å². The fourth-order valence-corrected chi connectivity index (χ4v) is 1.45. The predicted octanol–water partition coefficient (Wildman–Crippen LogP) is 3.69. The summed E-state index contributed by atoms with van der Waals surface area (Å²) in [7, 11) is 0. The van der Waals surface area contributed by atoms with E-state index in [0.29, 0.717) is 0 Å². The van der Waals surface area contributed by atoms with Crippen LogP contribution in [0.5, 0.6) is 5.75 Å². The Bertz CT molecular complexity index is 360. The van der Waals surface area contributed by atoms with Crippen LogP contribution in [0.2, 0.25) is 0 Å². The maximum absolute atomic E-state index is 5.72. The lowest BCUT2D eigenvalue weighted by atomic mass is 10.1. The maximum atomic E-state index is 5.72. The van der Waals surface area contributed by atoms with Crippen LogP contribution in [-0.2, 0) is 0 Å². The van der Waals surface area contributed by atoms with Crippen LogP contribution < -0.4 is 4.74 Å². The predicted molar refractivity (Wildman–Crippen MR) is 58.1 cm³/mol. The molecule has 1 aliphatic rings. The van der Waals surface area contributed by atoms with Gasteiger partial charge in [-0.05, 0) is 31.6 Å². The molecule has 0 radical (unpaired) electrons. The highest BCUT2D eigenvalue weighted by Gasteiger charge is 2.04. The van der Waals surface area contributed by atoms with E-state index in [2.05, 4.69) is 19.1 Å². The lowest BCUT2D eigenvalue weighted by molar-refractivity contribution is 0.401. The third kappa shape index (κ3) is 2.25. The summed E-state index contributed by atoms with van der Waals surface area (Å²) in [5, 5.41) is 0. The molecule has 1 aliphatic carbocycles. The van der Waals surface area contributed by atoms with Crippen molar-refractivity contribution in [3.05, 3.63) is 53.8 Å². The van der Waals surface area contributed by atoms with Crippen LogP contribution in [-0.4, -0.2) is 0 Å². The Morgan fingerprint density at radius 3 is 2.43 bits per heavy atom. The van der Waals surface area contributed by atoms with E-state index in [1.807, 2.05) is 30.3 Å². The normalized spacial score (nSPS) is 15.8. The van der Waals surface area contributed by atoms with Gasteiger partial charge < -0.3 is 4.74 Å². The van der Waals surface area contributed by atoms with Crippen LogP contribution >= 0.6 is 0 Å². The van der Waals surface area contributed by atoms with E-state index in [9.17, 15) is 0 Å². The summed E-state index contributed by atoms with van der Waals surface area (Å²) in [5.74, 6) is 1.98. The van der Waals surface area contributed by atoms with E-state index in [-0.39, 0.29) is 0 Å². The second-order valence-corrected chi connectivity index (χ2v) is 3.56. The number of ether oxygens (including phenoxy) is 1. The van der Waals surface area contributed by atoms with Crippen LogP contribution in [0, 0.1) is 0 Å². The van der Waals surface area contributed by atoms with Crippen LogP contribution in [0.25, 0.3) is 0 Å². The molecule has 1 aromatic carbocycles. The van der Waals surface area contributed by atoms with Gasteiger partial charge >= 0.3 is 0 Å². The second kappa shape index (κ2) is 4.14. The number of para-hydroxylation sites is 1. The Hall–Kier alpha value is -1.50. The molecule has 0 heterocycles. The summed E-state index contributed by atoms with van der Waals surface area (Å²) in [6.45, 7) is 2.15. The van der Waals surface area contributed by atoms with Crippen molar-refractivity contribution in [2.75, 3.05) is 0 Å². The van der Waals surface area contributed by atoms with Gasteiger partial charge in [-0.1, -0.05) is 29.8 Å². The van der Waals surface area contributed by atoms with E-state index in [0.717, 1.165) is 24.4 Å². The fourth-order valence-electron chi connectivity index (χ4n) is 1.45. The molecule has 14 heavy (non-hydrogen) atoms. The summed E-state index contributed by atoms with van der Waals surface area (Å²) >= 11 is 0. The molecule has 0 atom stereocenters. The van der Waals surface area contributed by atoms with E-state index >= 15 is 0 Å². The SMILES string of the molecule is CC1=CC=C(Oc2ccccc2)CC1. The molecule has 1 aromatic rings. The zero-order valence-electron chi connectivity index (χ0n) is 8.36. The Kier molecular flexibility index (Phi) is 2.68. The molecule has 1 heteroatoms. The molecule has 0 spiro atoms. The first-order valence-electron chi connectivity index (χ1n) is 4.94. The number of hydrogen-bond donors (Lipinski definition) is 0. The summed E-state index contributed by atoms with van der Waals surface area (Å²) in [6.07, 6.45) is 6.31. The Balaban J connectivity index is 2.06. The molecule has 1 nitrogen and oxygen atoms in total. The molecule has 0 aromatic heterocycles. The first kappa shape index (κ1) is 9.07. The number of allylic oxidation sites excluding steroid dienone is 4. The Morgan fingerprint density at radius 2 is 1.79 bits per heavy atom. The molecule has 0 amide bonds. The molecule has 0 saturated carbocycles. The second-order valence-electron chi connectivity index (χ2n) is 3.56. The van der Waals surface area contributed by atoms with Crippen LogP contribution in [0.4, 0.5) is 0 Å². The highest BCUT2D eigenvalue weighted by atomic mass is 16.5. The third-order valence-corrected chi connectivity index (χ3v) is 2.31. The van der Waals surface area contributed by atoms with Gasteiger partial charge in [0.25, 0.3) is 0 Å². The highest BCUT2D eigenvalue weighted by molar-refractivity contribution is 5.26. The largest absolute Gasteiger partial charge is 0.462 e. The first-order chi connectivity index (χ1) is 6.84. The van der Waals surface area contributed by atoms with Crippen molar-refractivity contribution in [3.8, 4) is 5.75 Å². The molecule has 0 aliphatic heterocycles. The average Bonchev–Trinajstić information content (AvgIpc) is 2.23. The Labute approximate surface area is 84.7 Å². The van der Waals surface area contributed by atoms with Gasteiger partial charge in [-0.25, -0.2) is 0 Å². The average molecular weight is 186 g/mol. The summed E-state index contributed by atoms with van der Waals surface area (Å²) in [5.41, 5.74) is 1.42. The topological polar surface area (TPSA) is 9.23 Å². The molecule has 0 bridgehead atoms. The quantitative estimate of drug-likeness (QED) is 0.684. The summed E-state index contributed by atoms with van der Waals surface area (Å²) in [6, 6.07) is 9.92. The van der Waals surface area contributed by atoms with Crippen molar-refractivity contribution in [1.29, 1.82) is 0 Å². The van der Waals surface area contributed by atoms with E-state index in [4.69, 9.17) is 4.74 Å². The number of hydrogen-bond acceptors (Lipinski definition) is 1. The minimum atomic E-state index is 0.923. The van der Waals surface area contributed by atoms with Crippen LogP contribution in [0.1, 0.15) is 19.8 Å². The van der Waals surface area contributed by atoms with Crippen molar-refractivity contribution in [3.63, 3.8) is 0 Å². The fraction of sp³-hybridized carbons (Fsp3) is 0.231. The molecule has 72 valence electrons. The van der Waals surface area contributed by atoms with Gasteiger partial charge in [-0.3, -0.25) is 0 Å². The molecule has 2 rings (SSSR count). The van der Waals surface area contributed by atoms with Crippen LogP contribution in [0.15, 0.2) is 53.8 Å². The smallest absolute Gasteiger partial charge is 0.126 e. The highest BCUT2D eigenvalue weighted by Crippen LogP contribution is 2.21. The molecule has 0 saturated heterocycles. The monoisotopic (exact) mass is 186 g/mol. The molecule has 0 fully saturated rings. The zero-order chi connectivity index (χ0) is 9.80. The van der Waals surface area contributed by atoms with Gasteiger partial charge in [-0.15, -0.1) is 0 Å². The summed E-state index contributed by atoms with van der Waals surface area (Å²) < 4.78 is 5.72. The number of benzene rings is 1. The maximum Gasteiger partial charge on any atom is 0.126 e. The molecular formula is C13H14O. The molecule has 0 N–H and O–H groups in total. The van der Waals surface area contributed by atoms with Gasteiger partial charge in [0.15, 0.2) is 0 Å². The lowest BCUT2D eigenvalue weighted by Gasteiger charge is -2.13. The minimum Gasteiger partial charge on any atom is -0.462 e.